The van der Waals surface area contributed by atoms with Crippen LogP contribution >= 0.6 is 0 Å². The Bertz CT molecular complexity index is 837. The molecule has 6 nitrogen and oxygen atoms in total. The normalized spacial score (nSPS) is 10.6. The summed E-state index contributed by atoms with van der Waals surface area (Å²) in [5.74, 6) is 2.12. The molecule has 1 heterocycles. The topological polar surface area (TPSA) is 82.3 Å². The zero-order valence-electron chi connectivity index (χ0n) is 13.7. The standard InChI is InChI=1S/C18H20N4O2/c1-23-15-10-13-14(11-16(15)24-2)21-18(22-17(13)19)20-9-8-12-6-4-3-5-7-12/h3-7,10-11H,8-9H2,1-2H3,(H3,19,20,21,22). The summed E-state index contributed by atoms with van der Waals surface area (Å²) in [6, 6.07) is 13.8. The average Bonchev–Trinajstić information content (AvgIpc) is 2.61. The van der Waals surface area contributed by atoms with Crippen molar-refractivity contribution in [2.75, 3.05) is 31.8 Å². The molecule has 2 aromatic carbocycles. The van der Waals surface area contributed by atoms with Crippen LogP contribution in [0.15, 0.2) is 42.5 Å². The van der Waals surface area contributed by atoms with Crippen LogP contribution in [-0.4, -0.2) is 30.7 Å². The number of nitrogens with zero attached hydrogens (tertiary/aromatic N) is 2. The second-order valence-corrected chi connectivity index (χ2v) is 5.32. The fourth-order valence-electron chi connectivity index (χ4n) is 2.52. The lowest BCUT2D eigenvalue weighted by atomic mass is 10.1. The highest BCUT2D eigenvalue weighted by atomic mass is 16.5. The summed E-state index contributed by atoms with van der Waals surface area (Å²) in [5.41, 5.74) is 8.03. The molecule has 0 saturated heterocycles. The first-order valence-corrected chi connectivity index (χ1v) is 7.68. The van der Waals surface area contributed by atoms with Gasteiger partial charge < -0.3 is 20.5 Å². The number of nitrogens with two attached hydrogens (primary N) is 1. The molecule has 0 fully saturated rings. The van der Waals surface area contributed by atoms with Gasteiger partial charge in [-0.1, -0.05) is 30.3 Å². The Balaban J connectivity index is 1.81. The van der Waals surface area contributed by atoms with Crippen LogP contribution in [0.4, 0.5) is 11.8 Å². The van der Waals surface area contributed by atoms with E-state index in [0.717, 1.165) is 18.4 Å². The van der Waals surface area contributed by atoms with Crippen molar-refractivity contribution in [2.24, 2.45) is 0 Å². The number of rotatable bonds is 6. The van der Waals surface area contributed by atoms with Crippen molar-refractivity contribution < 1.29 is 9.47 Å². The van der Waals surface area contributed by atoms with Crippen LogP contribution < -0.4 is 20.5 Å². The van der Waals surface area contributed by atoms with Gasteiger partial charge in [0.1, 0.15) is 5.82 Å². The molecule has 3 aromatic rings. The van der Waals surface area contributed by atoms with Crippen LogP contribution in [0.3, 0.4) is 0 Å². The summed E-state index contributed by atoms with van der Waals surface area (Å²) in [5, 5.41) is 3.96. The third-order valence-electron chi connectivity index (χ3n) is 3.77. The second kappa shape index (κ2) is 7.04. The molecule has 1 aromatic heterocycles. The Morgan fingerprint density at radius 1 is 1.00 bits per heavy atom. The van der Waals surface area contributed by atoms with Gasteiger partial charge in [-0.25, -0.2) is 4.98 Å². The maximum Gasteiger partial charge on any atom is 0.225 e. The number of aromatic nitrogens is 2. The lowest BCUT2D eigenvalue weighted by Crippen LogP contribution is -2.09. The predicted octanol–water partition coefficient (Wildman–Crippen LogP) is 2.88. The lowest BCUT2D eigenvalue weighted by molar-refractivity contribution is 0.356. The number of nitrogen functional groups attached to an aromatic ring is 1. The molecular weight excluding hydrogens is 304 g/mol. The molecule has 0 amide bonds. The fraction of sp³-hybridized carbons (Fsp3) is 0.222. The summed E-state index contributed by atoms with van der Waals surface area (Å²) in [7, 11) is 3.17. The molecule has 0 spiro atoms. The van der Waals surface area contributed by atoms with E-state index in [0.29, 0.717) is 28.8 Å². The maximum atomic E-state index is 6.07. The van der Waals surface area contributed by atoms with E-state index < -0.39 is 0 Å². The first-order valence-electron chi connectivity index (χ1n) is 7.68. The SMILES string of the molecule is COc1cc2nc(NCCc3ccccc3)nc(N)c2cc1OC. The number of ether oxygens (including phenoxy) is 2. The Hall–Kier alpha value is -3.02. The van der Waals surface area contributed by atoms with Gasteiger partial charge in [0, 0.05) is 18.0 Å². The van der Waals surface area contributed by atoms with Gasteiger partial charge in [0.25, 0.3) is 0 Å². The average molecular weight is 324 g/mol. The minimum Gasteiger partial charge on any atom is -0.493 e. The molecule has 0 radical (unpaired) electrons. The molecular formula is C18H20N4O2. The van der Waals surface area contributed by atoms with E-state index in [9.17, 15) is 0 Å². The molecule has 124 valence electrons. The molecule has 0 atom stereocenters. The summed E-state index contributed by atoms with van der Waals surface area (Å²) in [4.78, 5) is 8.84. The van der Waals surface area contributed by atoms with Gasteiger partial charge in [-0.2, -0.15) is 4.98 Å². The van der Waals surface area contributed by atoms with Crippen LogP contribution in [0.25, 0.3) is 10.9 Å². The Morgan fingerprint density at radius 3 is 2.42 bits per heavy atom. The van der Waals surface area contributed by atoms with Gasteiger partial charge in [0.05, 0.1) is 19.7 Å². The van der Waals surface area contributed by atoms with E-state index in [4.69, 9.17) is 15.2 Å². The second-order valence-electron chi connectivity index (χ2n) is 5.32. The molecule has 0 aliphatic carbocycles. The number of anilines is 2. The third-order valence-corrected chi connectivity index (χ3v) is 3.77. The minimum atomic E-state index is 0.406. The van der Waals surface area contributed by atoms with E-state index in [1.165, 1.54) is 5.56 Å². The van der Waals surface area contributed by atoms with Gasteiger partial charge >= 0.3 is 0 Å². The largest absolute Gasteiger partial charge is 0.493 e. The number of benzene rings is 2. The van der Waals surface area contributed by atoms with Crippen LogP contribution in [0.1, 0.15) is 5.56 Å². The molecule has 24 heavy (non-hydrogen) atoms. The molecule has 6 heteroatoms. The minimum absolute atomic E-state index is 0.406. The van der Waals surface area contributed by atoms with Crippen molar-refractivity contribution in [2.45, 2.75) is 6.42 Å². The van der Waals surface area contributed by atoms with Crippen LogP contribution in [0, 0.1) is 0 Å². The van der Waals surface area contributed by atoms with E-state index >= 15 is 0 Å². The fourth-order valence-corrected chi connectivity index (χ4v) is 2.52. The van der Waals surface area contributed by atoms with E-state index in [1.54, 1.807) is 26.4 Å². The molecule has 0 bridgehead atoms. The van der Waals surface area contributed by atoms with Crippen LogP contribution in [0.2, 0.25) is 0 Å². The third kappa shape index (κ3) is 3.32. The van der Waals surface area contributed by atoms with E-state index in [1.807, 2.05) is 18.2 Å². The monoisotopic (exact) mass is 324 g/mol. The Kier molecular flexibility index (Phi) is 4.65. The first kappa shape index (κ1) is 15.9. The van der Waals surface area contributed by atoms with Crippen molar-refractivity contribution in [3.63, 3.8) is 0 Å². The zero-order valence-corrected chi connectivity index (χ0v) is 13.7. The van der Waals surface area contributed by atoms with Crippen LogP contribution in [-0.2, 0) is 6.42 Å². The number of methoxy groups -OCH3 is 2. The number of hydrogen-bond acceptors (Lipinski definition) is 6. The maximum absolute atomic E-state index is 6.07. The van der Waals surface area contributed by atoms with Gasteiger partial charge in [-0.05, 0) is 18.1 Å². The molecule has 3 rings (SSSR count). The first-order chi connectivity index (χ1) is 11.7. The van der Waals surface area contributed by atoms with Crippen molar-refractivity contribution in [3.8, 4) is 11.5 Å². The summed E-state index contributed by atoms with van der Waals surface area (Å²) in [6.07, 6.45) is 0.883. The van der Waals surface area contributed by atoms with E-state index in [-0.39, 0.29) is 0 Å². The van der Waals surface area contributed by atoms with Crippen molar-refractivity contribution in [1.82, 2.24) is 9.97 Å². The molecule has 0 unspecified atom stereocenters. The van der Waals surface area contributed by atoms with Gasteiger partial charge in [-0.15, -0.1) is 0 Å². The number of nitrogens with one attached hydrogen (secondary N) is 1. The van der Waals surface area contributed by atoms with Crippen molar-refractivity contribution in [3.05, 3.63) is 48.0 Å². The Morgan fingerprint density at radius 2 is 1.71 bits per heavy atom. The quantitative estimate of drug-likeness (QED) is 0.725. The van der Waals surface area contributed by atoms with Gasteiger partial charge in [0.2, 0.25) is 5.95 Å². The molecule has 0 aliphatic rings. The molecule has 3 N–H and O–H groups in total. The highest BCUT2D eigenvalue weighted by Gasteiger charge is 2.11. The number of fused-ring (bicyclic) bond motifs is 1. The van der Waals surface area contributed by atoms with Crippen molar-refractivity contribution in [1.29, 1.82) is 0 Å². The summed E-state index contributed by atoms with van der Waals surface area (Å²) >= 11 is 0. The van der Waals surface area contributed by atoms with Gasteiger partial charge in [-0.3, -0.25) is 0 Å². The number of hydrogen-bond donors (Lipinski definition) is 2. The smallest absolute Gasteiger partial charge is 0.225 e. The molecule has 0 aliphatic heterocycles. The summed E-state index contributed by atoms with van der Waals surface area (Å²) in [6.45, 7) is 0.724. The highest BCUT2D eigenvalue weighted by molar-refractivity contribution is 5.91. The predicted molar refractivity (Wildman–Crippen MR) is 95.7 cm³/mol. The van der Waals surface area contributed by atoms with E-state index in [2.05, 4.69) is 27.4 Å². The molecule has 0 saturated carbocycles. The zero-order chi connectivity index (χ0) is 16.9. The van der Waals surface area contributed by atoms with Crippen LogP contribution in [0.5, 0.6) is 11.5 Å². The summed E-state index contributed by atoms with van der Waals surface area (Å²) < 4.78 is 10.6. The Labute approximate surface area is 140 Å². The van der Waals surface area contributed by atoms with Crippen molar-refractivity contribution >= 4 is 22.7 Å². The highest BCUT2D eigenvalue weighted by Crippen LogP contribution is 2.33. The lowest BCUT2D eigenvalue weighted by Gasteiger charge is -2.11. The van der Waals surface area contributed by atoms with Gasteiger partial charge in [0.15, 0.2) is 11.5 Å².